The van der Waals surface area contributed by atoms with Crippen molar-refractivity contribution in [2.24, 2.45) is 0 Å². The molecule has 0 heterocycles. The fourth-order valence-electron chi connectivity index (χ4n) is 1.82. The van der Waals surface area contributed by atoms with Crippen LogP contribution in [0.3, 0.4) is 0 Å². The Kier molecular flexibility index (Phi) is 3.38. The first-order valence-corrected chi connectivity index (χ1v) is 5.60. The first-order valence-electron chi connectivity index (χ1n) is 5.60. The third kappa shape index (κ3) is 3.19. The van der Waals surface area contributed by atoms with Gasteiger partial charge in [-0.2, -0.15) is 13.2 Å². The van der Waals surface area contributed by atoms with Crippen molar-refractivity contribution in [3.8, 4) is 5.75 Å². The minimum atomic E-state index is -4.39. The fourth-order valence-corrected chi connectivity index (χ4v) is 1.82. The second-order valence-electron chi connectivity index (χ2n) is 4.26. The van der Waals surface area contributed by atoms with Crippen LogP contribution < -0.4 is 5.73 Å². The SMILES string of the molecule is Nc1cc(C(F)(F)F)ccc1Cc1cccc(O)c1. The second kappa shape index (κ2) is 4.84. The molecule has 0 saturated carbocycles. The van der Waals surface area contributed by atoms with Gasteiger partial charge >= 0.3 is 6.18 Å². The summed E-state index contributed by atoms with van der Waals surface area (Å²) in [4.78, 5) is 0. The van der Waals surface area contributed by atoms with Crippen molar-refractivity contribution in [3.63, 3.8) is 0 Å². The number of phenolic OH excluding ortho intramolecular Hbond substituents is 1. The molecule has 0 saturated heterocycles. The molecule has 3 N–H and O–H groups in total. The molecule has 0 aromatic heterocycles. The highest BCUT2D eigenvalue weighted by atomic mass is 19.4. The van der Waals surface area contributed by atoms with E-state index in [0.29, 0.717) is 12.0 Å². The first-order chi connectivity index (χ1) is 8.86. The van der Waals surface area contributed by atoms with E-state index in [1.807, 2.05) is 0 Å². The number of hydrogen-bond donors (Lipinski definition) is 2. The molecule has 0 aliphatic heterocycles. The fraction of sp³-hybridized carbons (Fsp3) is 0.143. The number of alkyl halides is 3. The number of halogens is 3. The van der Waals surface area contributed by atoms with Gasteiger partial charge in [-0.25, -0.2) is 0 Å². The van der Waals surface area contributed by atoms with Gasteiger partial charge < -0.3 is 10.8 Å². The van der Waals surface area contributed by atoms with Crippen molar-refractivity contribution >= 4 is 5.69 Å². The van der Waals surface area contributed by atoms with Gasteiger partial charge in [0.15, 0.2) is 0 Å². The number of hydrogen-bond acceptors (Lipinski definition) is 2. The summed E-state index contributed by atoms with van der Waals surface area (Å²) in [7, 11) is 0. The number of phenols is 1. The molecule has 5 heteroatoms. The maximum atomic E-state index is 12.5. The highest BCUT2D eigenvalue weighted by Gasteiger charge is 2.30. The van der Waals surface area contributed by atoms with Crippen LogP contribution >= 0.6 is 0 Å². The Balaban J connectivity index is 2.27. The van der Waals surface area contributed by atoms with E-state index in [1.54, 1.807) is 18.2 Å². The molecule has 19 heavy (non-hydrogen) atoms. The molecule has 0 fully saturated rings. The Labute approximate surface area is 108 Å². The molecule has 0 spiro atoms. The van der Waals surface area contributed by atoms with Gasteiger partial charge in [0.25, 0.3) is 0 Å². The molecule has 2 rings (SSSR count). The predicted octanol–water partition coefficient (Wildman–Crippen LogP) is 3.58. The van der Waals surface area contributed by atoms with Crippen LogP contribution in [0.4, 0.5) is 18.9 Å². The second-order valence-corrected chi connectivity index (χ2v) is 4.26. The Morgan fingerprint density at radius 3 is 2.37 bits per heavy atom. The zero-order valence-corrected chi connectivity index (χ0v) is 9.91. The topological polar surface area (TPSA) is 46.2 Å². The molecule has 0 amide bonds. The highest BCUT2D eigenvalue weighted by Crippen LogP contribution is 2.32. The molecule has 0 atom stereocenters. The molecule has 0 aliphatic rings. The summed E-state index contributed by atoms with van der Waals surface area (Å²) in [6.07, 6.45) is -4.02. The molecule has 100 valence electrons. The van der Waals surface area contributed by atoms with E-state index in [-0.39, 0.29) is 11.4 Å². The van der Waals surface area contributed by atoms with Crippen LogP contribution in [0, 0.1) is 0 Å². The summed E-state index contributed by atoms with van der Waals surface area (Å²) < 4.78 is 37.5. The predicted molar refractivity (Wildman–Crippen MR) is 66.8 cm³/mol. The van der Waals surface area contributed by atoms with Gasteiger partial charge in [-0.1, -0.05) is 18.2 Å². The molecule has 0 bridgehead atoms. The van der Waals surface area contributed by atoms with Crippen molar-refractivity contribution in [1.82, 2.24) is 0 Å². The van der Waals surface area contributed by atoms with E-state index in [4.69, 9.17) is 5.73 Å². The Hall–Kier alpha value is -2.17. The minimum absolute atomic E-state index is 0.0955. The summed E-state index contributed by atoms with van der Waals surface area (Å²) >= 11 is 0. The lowest BCUT2D eigenvalue weighted by atomic mass is 10.0. The number of rotatable bonds is 2. The van der Waals surface area contributed by atoms with Gasteiger partial charge in [0.05, 0.1) is 5.56 Å². The van der Waals surface area contributed by atoms with Crippen LogP contribution in [-0.4, -0.2) is 5.11 Å². The van der Waals surface area contributed by atoms with E-state index in [9.17, 15) is 18.3 Å². The van der Waals surface area contributed by atoms with Crippen LogP contribution in [-0.2, 0) is 12.6 Å². The van der Waals surface area contributed by atoms with E-state index < -0.39 is 11.7 Å². The summed E-state index contributed by atoms with van der Waals surface area (Å²) in [5.74, 6) is 0.114. The average Bonchev–Trinajstić information content (AvgIpc) is 2.30. The van der Waals surface area contributed by atoms with Crippen LogP contribution in [0.1, 0.15) is 16.7 Å². The highest BCUT2D eigenvalue weighted by molar-refractivity contribution is 5.52. The van der Waals surface area contributed by atoms with E-state index in [1.165, 1.54) is 12.1 Å². The first kappa shape index (κ1) is 13.3. The van der Waals surface area contributed by atoms with Crippen molar-refractivity contribution in [2.45, 2.75) is 12.6 Å². The van der Waals surface area contributed by atoms with Gasteiger partial charge in [-0.15, -0.1) is 0 Å². The molecule has 0 unspecified atom stereocenters. The molecular weight excluding hydrogens is 255 g/mol. The zero-order valence-electron chi connectivity index (χ0n) is 9.91. The molecule has 0 aliphatic carbocycles. The van der Waals surface area contributed by atoms with E-state index in [0.717, 1.165) is 17.7 Å². The Morgan fingerprint density at radius 2 is 1.79 bits per heavy atom. The maximum Gasteiger partial charge on any atom is 0.416 e. The van der Waals surface area contributed by atoms with E-state index in [2.05, 4.69) is 0 Å². The summed E-state index contributed by atoms with van der Waals surface area (Å²) in [6, 6.07) is 9.83. The van der Waals surface area contributed by atoms with Crippen molar-refractivity contribution < 1.29 is 18.3 Å². The summed E-state index contributed by atoms with van der Waals surface area (Å²) in [6.45, 7) is 0. The van der Waals surface area contributed by atoms with Gasteiger partial charge in [0, 0.05) is 5.69 Å². The number of nitrogens with two attached hydrogens (primary N) is 1. The standard InChI is InChI=1S/C14H12F3NO/c15-14(16,17)11-5-4-10(13(18)8-11)6-9-2-1-3-12(19)7-9/h1-5,7-8,19H,6,18H2. The number of anilines is 1. The number of nitrogen functional groups attached to an aromatic ring is 1. The number of aromatic hydroxyl groups is 1. The average molecular weight is 267 g/mol. The Bertz CT molecular complexity index is 593. The summed E-state index contributed by atoms with van der Waals surface area (Å²) in [5, 5.41) is 9.33. The van der Waals surface area contributed by atoms with Gasteiger partial charge in [-0.3, -0.25) is 0 Å². The molecule has 2 aromatic carbocycles. The van der Waals surface area contributed by atoms with Gasteiger partial charge in [0.2, 0.25) is 0 Å². The summed E-state index contributed by atoms with van der Waals surface area (Å²) in [5.41, 5.74) is 6.36. The van der Waals surface area contributed by atoms with Gasteiger partial charge in [0.1, 0.15) is 5.75 Å². The smallest absolute Gasteiger partial charge is 0.416 e. The van der Waals surface area contributed by atoms with E-state index >= 15 is 0 Å². The van der Waals surface area contributed by atoms with Crippen LogP contribution in [0.15, 0.2) is 42.5 Å². The minimum Gasteiger partial charge on any atom is -0.508 e. The van der Waals surface area contributed by atoms with Gasteiger partial charge in [-0.05, 0) is 41.8 Å². The molecular formula is C14H12F3NO. The normalized spacial score (nSPS) is 11.5. The van der Waals surface area contributed by atoms with Crippen LogP contribution in [0.5, 0.6) is 5.75 Å². The lowest BCUT2D eigenvalue weighted by Gasteiger charge is -2.11. The van der Waals surface area contributed by atoms with Crippen molar-refractivity contribution in [1.29, 1.82) is 0 Å². The zero-order chi connectivity index (χ0) is 14.0. The van der Waals surface area contributed by atoms with Crippen molar-refractivity contribution in [2.75, 3.05) is 5.73 Å². The number of benzene rings is 2. The molecule has 2 nitrogen and oxygen atoms in total. The largest absolute Gasteiger partial charge is 0.508 e. The lowest BCUT2D eigenvalue weighted by Crippen LogP contribution is -2.07. The quantitative estimate of drug-likeness (QED) is 0.817. The maximum absolute atomic E-state index is 12.5. The van der Waals surface area contributed by atoms with Crippen LogP contribution in [0.2, 0.25) is 0 Å². The molecule has 0 radical (unpaired) electrons. The van der Waals surface area contributed by atoms with Crippen molar-refractivity contribution in [3.05, 3.63) is 59.2 Å². The third-order valence-electron chi connectivity index (χ3n) is 2.78. The molecule has 2 aromatic rings. The Morgan fingerprint density at radius 1 is 1.05 bits per heavy atom. The van der Waals surface area contributed by atoms with Crippen LogP contribution in [0.25, 0.3) is 0 Å². The monoisotopic (exact) mass is 267 g/mol. The lowest BCUT2D eigenvalue weighted by molar-refractivity contribution is -0.137. The third-order valence-corrected chi connectivity index (χ3v) is 2.78.